The summed E-state index contributed by atoms with van der Waals surface area (Å²) in [7, 11) is 0. The Morgan fingerprint density at radius 1 is 1.10 bits per heavy atom. The van der Waals surface area contributed by atoms with Crippen molar-refractivity contribution >= 4 is 11.4 Å². The van der Waals surface area contributed by atoms with E-state index in [-0.39, 0.29) is 6.04 Å². The lowest BCUT2D eigenvalue weighted by molar-refractivity contribution is 0.642. The van der Waals surface area contributed by atoms with E-state index in [1.807, 2.05) is 18.2 Å². The third kappa shape index (κ3) is 3.44. The molecular weight excluding hydrogens is 256 g/mol. The van der Waals surface area contributed by atoms with Crippen LogP contribution in [-0.4, -0.2) is 6.04 Å². The highest BCUT2D eigenvalue weighted by atomic mass is 15.2. The fourth-order valence-corrected chi connectivity index (χ4v) is 2.73. The van der Waals surface area contributed by atoms with E-state index in [4.69, 9.17) is 5.26 Å². The van der Waals surface area contributed by atoms with Gasteiger partial charge in [-0.15, -0.1) is 0 Å². The minimum absolute atomic E-state index is 0.193. The first-order valence-electron chi connectivity index (χ1n) is 7.45. The monoisotopic (exact) mass is 278 g/mol. The number of hydrogen-bond donors (Lipinski definition) is 0. The summed E-state index contributed by atoms with van der Waals surface area (Å²) in [6, 6.07) is 19.4. The van der Waals surface area contributed by atoms with Gasteiger partial charge >= 0.3 is 0 Å². The van der Waals surface area contributed by atoms with Gasteiger partial charge in [0.15, 0.2) is 0 Å². The highest BCUT2D eigenvalue weighted by Crippen LogP contribution is 2.32. The molecule has 2 aromatic rings. The normalized spacial score (nSPS) is 11.7. The van der Waals surface area contributed by atoms with Gasteiger partial charge < -0.3 is 4.90 Å². The number of anilines is 2. The van der Waals surface area contributed by atoms with E-state index in [1.54, 1.807) is 0 Å². The third-order valence-corrected chi connectivity index (χ3v) is 3.81. The van der Waals surface area contributed by atoms with Crippen LogP contribution in [-0.2, 0) is 0 Å². The smallest absolute Gasteiger partial charge is 0.0643 e. The van der Waals surface area contributed by atoms with Crippen molar-refractivity contribution in [3.8, 4) is 6.07 Å². The first-order chi connectivity index (χ1) is 10.2. The Balaban J connectivity index is 2.52. The van der Waals surface area contributed by atoms with Gasteiger partial charge in [-0.25, -0.2) is 0 Å². The van der Waals surface area contributed by atoms with Gasteiger partial charge in [0.1, 0.15) is 0 Å². The summed E-state index contributed by atoms with van der Waals surface area (Å²) < 4.78 is 0. The standard InChI is InChI=1S/C19H22N2/c1-4-17(12-13-20)21(18-8-6-5-7-9-18)19-11-10-15(2)14-16(19)3/h5-11,14,17H,4,12H2,1-3H3. The Kier molecular flexibility index (Phi) is 5.00. The lowest BCUT2D eigenvalue weighted by Gasteiger charge is -2.33. The zero-order valence-electron chi connectivity index (χ0n) is 13.0. The second-order valence-electron chi connectivity index (χ2n) is 5.42. The number of aryl methyl sites for hydroxylation is 2. The van der Waals surface area contributed by atoms with Crippen molar-refractivity contribution in [3.05, 3.63) is 59.7 Å². The number of nitrogens with zero attached hydrogens (tertiary/aromatic N) is 2. The van der Waals surface area contributed by atoms with E-state index >= 15 is 0 Å². The second-order valence-corrected chi connectivity index (χ2v) is 5.42. The van der Waals surface area contributed by atoms with E-state index in [9.17, 15) is 0 Å². The zero-order valence-corrected chi connectivity index (χ0v) is 13.0. The van der Waals surface area contributed by atoms with E-state index in [0.717, 1.165) is 12.1 Å². The molecule has 0 bridgehead atoms. The molecule has 2 nitrogen and oxygen atoms in total. The van der Waals surface area contributed by atoms with Crippen LogP contribution in [0.25, 0.3) is 0 Å². The number of rotatable bonds is 5. The van der Waals surface area contributed by atoms with Gasteiger partial charge in [0, 0.05) is 17.4 Å². The Hall–Kier alpha value is -2.27. The molecule has 0 aliphatic carbocycles. The lowest BCUT2D eigenvalue weighted by atomic mass is 10.0. The van der Waals surface area contributed by atoms with E-state index in [0.29, 0.717) is 6.42 Å². The van der Waals surface area contributed by atoms with Crippen LogP contribution < -0.4 is 4.90 Å². The topological polar surface area (TPSA) is 27.0 Å². The molecule has 2 aromatic carbocycles. The number of hydrogen-bond acceptors (Lipinski definition) is 2. The highest BCUT2D eigenvalue weighted by molar-refractivity contribution is 5.67. The molecule has 0 aromatic heterocycles. The van der Waals surface area contributed by atoms with Gasteiger partial charge in [-0.3, -0.25) is 0 Å². The molecule has 0 spiro atoms. The maximum atomic E-state index is 9.15. The Bertz CT molecular complexity index is 626. The molecule has 0 saturated carbocycles. The summed E-state index contributed by atoms with van der Waals surface area (Å²) in [5.41, 5.74) is 4.84. The predicted molar refractivity (Wildman–Crippen MR) is 88.8 cm³/mol. The summed E-state index contributed by atoms with van der Waals surface area (Å²) in [5.74, 6) is 0. The van der Waals surface area contributed by atoms with Crippen molar-refractivity contribution in [1.29, 1.82) is 5.26 Å². The number of para-hydroxylation sites is 1. The van der Waals surface area contributed by atoms with Crippen LogP contribution in [0.4, 0.5) is 11.4 Å². The van der Waals surface area contributed by atoms with Crippen LogP contribution in [0, 0.1) is 25.2 Å². The average molecular weight is 278 g/mol. The molecular formula is C19H22N2. The quantitative estimate of drug-likeness (QED) is 0.757. The zero-order chi connectivity index (χ0) is 15.2. The molecule has 0 amide bonds. The minimum Gasteiger partial charge on any atom is -0.337 e. The summed E-state index contributed by atoms with van der Waals surface area (Å²) >= 11 is 0. The van der Waals surface area contributed by atoms with Crippen LogP contribution in [0.3, 0.4) is 0 Å². The molecule has 2 heteroatoms. The van der Waals surface area contributed by atoms with Crippen molar-refractivity contribution in [2.45, 2.75) is 39.7 Å². The minimum atomic E-state index is 0.193. The maximum Gasteiger partial charge on any atom is 0.0643 e. The SMILES string of the molecule is CCC(CC#N)N(c1ccccc1)c1ccc(C)cc1C. The fourth-order valence-electron chi connectivity index (χ4n) is 2.73. The highest BCUT2D eigenvalue weighted by Gasteiger charge is 2.20. The third-order valence-electron chi connectivity index (χ3n) is 3.81. The van der Waals surface area contributed by atoms with Crippen molar-refractivity contribution in [2.24, 2.45) is 0 Å². The molecule has 0 aliphatic heterocycles. The first kappa shape index (κ1) is 15.1. The van der Waals surface area contributed by atoms with Crippen LogP contribution in [0.2, 0.25) is 0 Å². The molecule has 108 valence electrons. The van der Waals surface area contributed by atoms with Gasteiger partial charge in [0.25, 0.3) is 0 Å². The predicted octanol–water partition coefficient (Wildman–Crippen LogP) is 5.13. The Morgan fingerprint density at radius 2 is 1.81 bits per heavy atom. The molecule has 0 heterocycles. The molecule has 0 saturated heterocycles. The van der Waals surface area contributed by atoms with Gasteiger partial charge in [0.05, 0.1) is 12.5 Å². The number of benzene rings is 2. The molecule has 1 unspecified atom stereocenters. The largest absolute Gasteiger partial charge is 0.337 e. The van der Waals surface area contributed by atoms with Crippen LogP contribution >= 0.6 is 0 Å². The number of nitriles is 1. The molecule has 21 heavy (non-hydrogen) atoms. The first-order valence-corrected chi connectivity index (χ1v) is 7.45. The molecule has 0 aliphatic rings. The lowest BCUT2D eigenvalue weighted by Crippen LogP contribution is -2.30. The maximum absolute atomic E-state index is 9.15. The van der Waals surface area contributed by atoms with Crippen LogP contribution in [0.15, 0.2) is 48.5 Å². The van der Waals surface area contributed by atoms with E-state index in [2.05, 4.69) is 62.1 Å². The Labute approximate surface area is 127 Å². The molecule has 2 rings (SSSR count). The van der Waals surface area contributed by atoms with Crippen molar-refractivity contribution in [2.75, 3.05) is 4.90 Å². The van der Waals surface area contributed by atoms with Crippen molar-refractivity contribution < 1.29 is 0 Å². The summed E-state index contributed by atoms with van der Waals surface area (Å²) in [5, 5.41) is 9.15. The van der Waals surface area contributed by atoms with Gasteiger partial charge in [-0.1, -0.05) is 42.8 Å². The molecule has 0 N–H and O–H groups in total. The second kappa shape index (κ2) is 6.95. The average Bonchev–Trinajstić information content (AvgIpc) is 2.49. The Morgan fingerprint density at radius 3 is 2.38 bits per heavy atom. The summed E-state index contributed by atoms with van der Waals surface area (Å²) in [4.78, 5) is 2.30. The fraction of sp³-hybridized carbons (Fsp3) is 0.316. The summed E-state index contributed by atoms with van der Waals surface area (Å²) in [6.45, 7) is 6.38. The van der Waals surface area contributed by atoms with Gasteiger partial charge in [-0.05, 0) is 44.0 Å². The van der Waals surface area contributed by atoms with Crippen LogP contribution in [0.1, 0.15) is 30.9 Å². The van der Waals surface area contributed by atoms with Gasteiger partial charge in [-0.2, -0.15) is 5.26 Å². The summed E-state index contributed by atoms with van der Waals surface area (Å²) in [6.07, 6.45) is 1.47. The van der Waals surface area contributed by atoms with Crippen molar-refractivity contribution in [1.82, 2.24) is 0 Å². The van der Waals surface area contributed by atoms with E-state index in [1.165, 1.54) is 16.8 Å². The van der Waals surface area contributed by atoms with Crippen molar-refractivity contribution in [3.63, 3.8) is 0 Å². The van der Waals surface area contributed by atoms with E-state index < -0.39 is 0 Å². The van der Waals surface area contributed by atoms with Crippen LogP contribution in [0.5, 0.6) is 0 Å². The molecule has 0 fully saturated rings. The molecule has 1 atom stereocenters. The van der Waals surface area contributed by atoms with Gasteiger partial charge in [0.2, 0.25) is 0 Å². The molecule has 0 radical (unpaired) electrons.